The van der Waals surface area contributed by atoms with Gasteiger partial charge in [0.15, 0.2) is 0 Å². The van der Waals surface area contributed by atoms with E-state index in [9.17, 15) is 20.0 Å². The Morgan fingerprint density at radius 2 is 2.12 bits per heavy atom. The fourth-order valence-electron chi connectivity index (χ4n) is 2.24. The molecule has 0 saturated heterocycles. The molecule has 0 aliphatic rings. The second-order valence-electron chi connectivity index (χ2n) is 5.28. The first-order chi connectivity index (χ1) is 12.3. The van der Waals surface area contributed by atoms with E-state index in [0.29, 0.717) is 10.6 Å². The van der Waals surface area contributed by atoms with Crippen molar-refractivity contribution in [2.45, 2.75) is 20.8 Å². The standard InChI is InChI=1S/C17H18N2O6S/c1-5-25-17(21)14-9(2)10(3)26-16(14)18-8-11-6-12(24-4)7-13(15(11)20)19(22)23/h6-8,20H,5H2,1-4H3. The van der Waals surface area contributed by atoms with Crippen molar-refractivity contribution in [3.8, 4) is 11.5 Å². The number of phenolic OH excluding ortho intramolecular Hbond substituents is 1. The summed E-state index contributed by atoms with van der Waals surface area (Å²) in [6.07, 6.45) is 1.26. The number of methoxy groups -OCH3 is 1. The zero-order valence-corrected chi connectivity index (χ0v) is 15.5. The van der Waals surface area contributed by atoms with Gasteiger partial charge in [-0.3, -0.25) is 10.1 Å². The van der Waals surface area contributed by atoms with Crippen LogP contribution in [0.3, 0.4) is 0 Å². The Morgan fingerprint density at radius 1 is 1.42 bits per heavy atom. The number of hydrogen-bond donors (Lipinski definition) is 1. The van der Waals surface area contributed by atoms with Crippen molar-refractivity contribution in [2.75, 3.05) is 13.7 Å². The van der Waals surface area contributed by atoms with Gasteiger partial charge in [0.1, 0.15) is 10.8 Å². The molecule has 0 saturated carbocycles. The summed E-state index contributed by atoms with van der Waals surface area (Å²) < 4.78 is 10.1. The summed E-state index contributed by atoms with van der Waals surface area (Å²) in [5, 5.41) is 21.6. The number of hydrogen-bond acceptors (Lipinski definition) is 8. The molecule has 26 heavy (non-hydrogen) atoms. The Kier molecular flexibility index (Phi) is 5.93. The summed E-state index contributed by atoms with van der Waals surface area (Å²) in [5.41, 5.74) is 0.730. The fourth-order valence-corrected chi connectivity index (χ4v) is 3.23. The summed E-state index contributed by atoms with van der Waals surface area (Å²) in [7, 11) is 1.36. The van der Waals surface area contributed by atoms with Crippen molar-refractivity contribution in [3.63, 3.8) is 0 Å². The number of carbonyl (C=O) groups is 1. The maximum absolute atomic E-state index is 12.2. The highest BCUT2D eigenvalue weighted by atomic mass is 32.1. The zero-order valence-electron chi connectivity index (χ0n) is 14.7. The molecule has 138 valence electrons. The van der Waals surface area contributed by atoms with Crippen LogP contribution in [0.1, 0.15) is 33.3 Å². The topological polar surface area (TPSA) is 111 Å². The maximum Gasteiger partial charge on any atom is 0.341 e. The third kappa shape index (κ3) is 3.83. The van der Waals surface area contributed by atoms with Gasteiger partial charge in [0, 0.05) is 16.7 Å². The Morgan fingerprint density at radius 3 is 2.69 bits per heavy atom. The number of nitro groups is 1. The number of aromatic hydroxyl groups is 1. The Bertz CT molecular complexity index is 888. The van der Waals surface area contributed by atoms with Gasteiger partial charge in [-0.05, 0) is 32.4 Å². The number of rotatable bonds is 6. The molecule has 1 aromatic carbocycles. The average molecular weight is 378 g/mol. The molecule has 1 N–H and O–H groups in total. The third-order valence-corrected chi connectivity index (χ3v) is 4.81. The fraction of sp³-hybridized carbons (Fsp3) is 0.294. The van der Waals surface area contributed by atoms with Crippen molar-refractivity contribution in [3.05, 3.63) is 43.8 Å². The third-order valence-electron chi connectivity index (χ3n) is 3.69. The molecule has 0 bridgehead atoms. The molecule has 0 amide bonds. The van der Waals surface area contributed by atoms with Crippen LogP contribution in [0.5, 0.6) is 11.5 Å². The molecule has 0 spiro atoms. The molecule has 0 aliphatic carbocycles. The summed E-state index contributed by atoms with van der Waals surface area (Å²) in [6.45, 7) is 5.60. The van der Waals surface area contributed by atoms with Gasteiger partial charge in [-0.25, -0.2) is 9.79 Å². The summed E-state index contributed by atoms with van der Waals surface area (Å²) in [6, 6.07) is 2.54. The highest BCUT2D eigenvalue weighted by Gasteiger charge is 2.21. The van der Waals surface area contributed by atoms with E-state index in [1.807, 2.05) is 6.92 Å². The van der Waals surface area contributed by atoms with Crippen LogP contribution in [-0.4, -0.2) is 35.9 Å². The zero-order chi connectivity index (χ0) is 19.4. The highest BCUT2D eigenvalue weighted by molar-refractivity contribution is 7.16. The smallest absolute Gasteiger partial charge is 0.341 e. The van der Waals surface area contributed by atoms with Crippen LogP contribution < -0.4 is 4.74 Å². The van der Waals surface area contributed by atoms with E-state index in [1.54, 1.807) is 13.8 Å². The summed E-state index contributed by atoms with van der Waals surface area (Å²) in [5.74, 6) is -0.801. The number of thiophene rings is 1. The summed E-state index contributed by atoms with van der Waals surface area (Å²) in [4.78, 5) is 27.7. The highest BCUT2D eigenvalue weighted by Crippen LogP contribution is 2.37. The molecular weight excluding hydrogens is 360 g/mol. The SMILES string of the molecule is CCOC(=O)c1c(N=Cc2cc(OC)cc([N+](=O)[O-])c2O)sc(C)c1C. The van der Waals surface area contributed by atoms with Gasteiger partial charge in [0.25, 0.3) is 0 Å². The van der Waals surface area contributed by atoms with Crippen molar-refractivity contribution < 1.29 is 24.3 Å². The second-order valence-corrected chi connectivity index (χ2v) is 6.49. The van der Waals surface area contributed by atoms with Crippen LogP contribution >= 0.6 is 11.3 Å². The van der Waals surface area contributed by atoms with Crippen LogP contribution in [-0.2, 0) is 4.74 Å². The molecule has 8 nitrogen and oxygen atoms in total. The van der Waals surface area contributed by atoms with Gasteiger partial charge in [0.05, 0.1) is 30.3 Å². The maximum atomic E-state index is 12.2. The minimum Gasteiger partial charge on any atom is -0.502 e. The van der Waals surface area contributed by atoms with Gasteiger partial charge in [-0.15, -0.1) is 11.3 Å². The minimum absolute atomic E-state index is 0.106. The quantitative estimate of drug-likeness (QED) is 0.353. The normalized spacial score (nSPS) is 10.9. The van der Waals surface area contributed by atoms with E-state index in [0.717, 1.165) is 16.5 Å². The molecule has 0 fully saturated rings. The van der Waals surface area contributed by atoms with Crippen LogP contribution in [0, 0.1) is 24.0 Å². The number of nitro benzene ring substituents is 1. The number of nitrogens with zero attached hydrogens (tertiary/aromatic N) is 2. The van der Waals surface area contributed by atoms with Crippen LogP contribution in [0.4, 0.5) is 10.7 Å². The van der Waals surface area contributed by atoms with E-state index < -0.39 is 22.3 Å². The molecule has 0 atom stereocenters. The van der Waals surface area contributed by atoms with Crippen molar-refractivity contribution in [2.24, 2.45) is 4.99 Å². The van der Waals surface area contributed by atoms with Gasteiger partial charge in [-0.2, -0.15) is 0 Å². The number of benzene rings is 1. The predicted molar refractivity (Wildman–Crippen MR) is 98.3 cm³/mol. The molecule has 0 radical (unpaired) electrons. The lowest BCUT2D eigenvalue weighted by molar-refractivity contribution is -0.385. The number of ether oxygens (including phenoxy) is 2. The van der Waals surface area contributed by atoms with E-state index in [2.05, 4.69) is 4.99 Å². The lowest BCUT2D eigenvalue weighted by Crippen LogP contribution is -2.05. The predicted octanol–water partition coefficient (Wildman–Crippen LogP) is 3.91. The van der Waals surface area contributed by atoms with Crippen LogP contribution in [0.15, 0.2) is 17.1 Å². The molecule has 2 rings (SSSR count). The number of aliphatic imine (C=N–C) groups is 1. The number of aryl methyl sites for hydroxylation is 1. The van der Waals surface area contributed by atoms with Gasteiger partial charge in [0.2, 0.25) is 5.75 Å². The first kappa shape index (κ1) is 19.4. The van der Waals surface area contributed by atoms with Crippen LogP contribution in [0.2, 0.25) is 0 Å². The monoisotopic (exact) mass is 378 g/mol. The molecule has 1 aromatic heterocycles. The van der Waals surface area contributed by atoms with E-state index in [1.165, 1.54) is 30.7 Å². The molecule has 9 heteroatoms. The average Bonchev–Trinajstić information content (AvgIpc) is 2.88. The number of carbonyl (C=O) groups excluding carboxylic acids is 1. The van der Waals surface area contributed by atoms with E-state index in [-0.39, 0.29) is 17.9 Å². The number of phenols is 1. The molecule has 0 aliphatic heterocycles. The van der Waals surface area contributed by atoms with Crippen LogP contribution in [0.25, 0.3) is 0 Å². The Labute approximate surface area is 153 Å². The molecule has 1 heterocycles. The van der Waals surface area contributed by atoms with Gasteiger partial charge >= 0.3 is 11.7 Å². The first-order valence-electron chi connectivity index (χ1n) is 7.66. The number of esters is 1. The Hall–Kier alpha value is -2.94. The largest absolute Gasteiger partial charge is 0.502 e. The minimum atomic E-state index is -0.710. The van der Waals surface area contributed by atoms with E-state index >= 15 is 0 Å². The van der Waals surface area contributed by atoms with Crippen molar-refractivity contribution in [1.82, 2.24) is 0 Å². The lowest BCUT2D eigenvalue weighted by atomic mass is 10.1. The summed E-state index contributed by atoms with van der Waals surface area (Å²) >= 11 is 1.30. The Balaban J connectivity index is 2.51. The molecule has 0 unspecified atom stereocenters. The second kappa shape index (κ2) is 7.96. The van der Waals surface area contributed by atoms with E-state index in [4.69, 9.17) is 9.47 Å². The van der Waals surface area contributed by atoms with Crippen molar-refractivity contribution in [1.29, 1.82) is 0 Å². The molecule has 2 aromatic rings. The lowest BCUT2D eigenvalue weighted by Gasteiger charge is -2.05. The van der Waals surface area contributed by atoms with Gasteiger partial charge < -0.3 is 14.6 Å². The van der Waals surface area contributed by atoms with Gasteiger partial charge in [-0.1, -0.05) is 0 Å². The van der Waals surface area contributed by atoms with Crippen molar-refractivity contribution >= 4 is 34.2 Å². The first-order valence-corrected chi connectivity index (χ1v) is 8.48. The molecular formula is C17H18N2O6S.